The fourth-order valence-electron chi connectivity index (χ4n) is 1.77. The highest BCUT2D eigenvalue weighted by Gasteiger charge is 2.41. The van der Waals surface area contributed by atoms with E-state index in [-0.39, 0.29) is 12.8 Å². The van der Waals surface area contributed by atoms with Gasteiger partial charge in [0.25, 0.3) is 0 Å². The molecule has 1 amide bonds. The Labute approximate surface area is 79.9 Å². The SMILES string of the molecule is O=C(O)N[C@H]1CCC(F)(F)C[C@@H]1CO. The lowest BCUT2D eigenvalue weighted by Gasteiger charge is -2.34. The second-order valence-corrected chi connectivity index (χ2v) is 3.60. The normalized spacial score (nSPS) is 31.1. The van der Waals surface area contributed by atoms with E-state index < -0.39 is 37.0 Å². The Morgan fingerprint density at radius 3 is 2.71 bits per heavy atom. The number of carbonyl (C=O) groups is 1. The first-order valence-corrected chi connectivity index (χ1v) is 4.43. The third-order valence-electron chi connectivity index (χ3n) is 2.49. The molecule has 0 unspecified atom stereocenters. The molecule has 0 aromatic rings. The van der Waals surface area contributed by atoms with E-state index in [4.69, 9.17) is 10.2 Å². The van der Waals surface area contributed by atoms with Gasteiger partial charge in [-0.25, -0.2) is 13.6 Å². The summed E-state index contributed by atoms with van der Waals surface area (Å²) in [7, 11) is 0. The second kappa shape index (κ2) is 4.08. The number of amides is 1. The molecular formula is C8H13F2NO3. The van der Waals surface area contributed by atoms with Crippen molar-refractivity contribution in [2.75, 3.05) is 6.61 Å². The third kappa shape index (κ3) is 2.80. The summed E-state index contributed by atoms with van der Waals surface area (Å²) in [6, 6.07) is -0.558. The molecule has 1 saturated carbocycles. The van der Waals surface area contributed by atoms with Gasteiger partial charge >= 0.3 is 6.09 Å². The molecule has 1 fully saturated rings. The number of hydrogen-bond donors (Lipinski definition) is 3. The van der Waals surface area contributed by atoms with Crippen LogP contribution < -0.4 is 5.32 Å². The summed E-state index contributed by atoms with van der Waals surface area (Å²) in [6.45, 7) is -0.416. The maximum absolute atomic E-state index is 12.9. The standard InChI is InChI=1S/C8H13F2NO3/c9-8(10)2-1-6(11-7(13)14)5(3-8)4-12/h5-6,11-12H,1-4H2,(H,13,14)/t5-,6+/m1/s1. The lowest BCUT2D eigenvalue weighted by molar-refractivity contribution is -0.0695. The molecule has 1 rings (SSSR count). The van der Waals surface area contributed by atoms with Crippen molar-refractivity contribution in [3.05, 3.63) is 0 Å². The van der Waals surface area contributed by atoms with Gasteiger partial charge in [-0.3, -0.25) is 0 Å². The predicted octanol–water partition coefficient (Wildman–Crippen LogP) is 1.05. The number of aliphatic hydroxyl groups excluding tert-OH is 1. The number of halogens is 2. The Morgan fingerprint density at radius 1 is 1.57 bits per heavy atom. The van der Waals surface area contributed by atoms with Crippen molar-refractivity contribution >= 4 is 6.09 Å². The number of rotatable bonds is 2. The van der Waals surface area contributed by atoms with Crippen molar-refractivity contribution in [3.8, 4) is 0 Å². The van der Waals surface area contributed by atoms with Crippen LogP contribution in [0.5, 0.6) is 0 Å². The van der Waals surface area contributed by atoms with E-state index in [1.54, 1.807) is 0 Å². The average molecular weight is 209 g/mol. The minimum atomic E-state index is -2.77. The zero-order valence-electron chi connectivity index (χ0n) is 7.54. The minimum Gasteiger partial charge on any atom is -0.465 e. The Hall–Kier alpha value is -0.910. The van der Waals surface area contributed by atoms with Gasteiger partial charge in [0.2, 0.25) is 5.92 Å². The molecule has 0 spiro atoms. The third-order valence-corrected chi connectivity index (χ3v) is 2.49. The fourth-order valence-corrected chi connectivity index (χ4v) is 1.77. The first kappa shape index (κ1) is 11.2. The first-order valence-electron chi connectivity index (χ1n) is 4.43. The van der Waals surface area contributed by atoms with Gasteiger partial charge in [-0.2, -0.15) is 0 Å². The summed E-state index contributed by atoms with van der Waals surface area (Å²) in [6.07, 6.45) is -1.94. The number of aliphatic hydroxyl groups is 1. The van der Waals surface area contributed by atoms with Crippen LogP contribution in [-0.4, -0.2) is 34.9 Å². The Morgan fingerprint density at radius 2 is 2.21 bits per heavy atom. The molecule has 0 radical (unpaired) electrons. The summed E-state index contributed by atoms with van der Waals surface area (Å²) in [5.41, 5.74) is 0. The molecule has 0 heterocycles. The molecule has 1 aliphatic carbocycles. The van der Waals surface area contributed by atoms with Crippen LogP contribution in [-0.2, 0) is 0 Å². The zero-order chi connectivity index (χ0) is 10.8. The van der Waals surface area contributed by atoms with Crippen LogP contribution in [0.15, 0.2) is 0 Å². The van der Waals surface area contributed by atoms with Gasteiger partial charge in [0.05, 0.1) is 0 Å². The molecule has 6 heteroatoms. The number of nitrogens with one attached hydrogen (secondary N) is 1. The molecule has 0 aliphatic heterocycles. The largest absolute Gasteiger partial charge is 0.465 e. The highest BCUT2D eigenvalue weighted by Crippen LogP contribution is 2.36. The Kier molecular flexibility index (Phi) is 3.25. The van der Waals surface area contributed by atoms with Crippen molar-refractivity contribution in [1.29, 1.82) is 0 Å². The summed E-state index contributed by atoms with van der Waals surface area (Å²) < 4.78 is 25.7. The predicted molar refractivity (Wildman–Crippen MR) is 44.3 cm³/mol. The van der Waals surface area contributed by atoms with E-state index in [1.807, 2.05) is 0 Å². The number of hydrogen-bond acceptors (Lipinski definition) is 2. The van der Waals surface area contributed by atoms with Crippen LogP contribution in [0.3, 0.4) is 0 Å². The maximum Gasteiger partial charge on any atom is 0.404 e. The van der Waals surface area contributed by atoms with Crippen LogP contribution in [0.2, 0.25) is 0 Å². The monoisotopic (exact) mass is 209 g/mol. The van der Waals surface area contributed by atoms with Gasteiger partial charge in [-0.1, -0.05) is 0 Å². The van der Waals surface area contributed by atoms with Gasteiger partial charge in [-0.15, -0.1) is 0 Å². The molecule has 0 aromatic heterocycles. The topological polar surface area (TPSA) is 69.6 Å². The maximum atomic E-state index is 12.9. The highest BCUT2D eigenvalue weighted by atomic mass is 19.3. The molecule has 0 saturated heterocycles. The molecule has 4 nitrogen and oxygen atoms in total. The van der Waals surface area contributed by atoms with Gasteiger partial charge in [0.1, 0.15) is 0 Å². The summed E-state index contributed by atoms with van der Waals surface area (Å²) >= 11 is 0. The van der Waals surface area contributed by atoms with E-state index in [0.717, 1.165) is 0 Å². The van der Waals surface area contributed by atoms with E-state index in [2.05, 4.69) is 5.32 Å². The van der Waals surface area contributed by atoms with Crippen molar-refractivity contribution in [2.45, 2.75) is 31.2 Å². The van der Waals surface area contributed by atoms with Crippen molar-refractivity contribution in [1.82, 2.24) is 5.32 Å². The van der Waals surface area contributed by atoms with Gasteiger partial charge in [0.15, 0.2) is 0 Å². The van der Waals surface area contributed by atoms with Crippen LogP contribution >= 0.6 is 0 Å². The van der Waals surface area contributed by atoms with E-state index in [9.17, 15) is 13.6 Å². The van der Waals surface area contributed by atoms with Crippen molar-refractivity contribution in [3.63, 3.8) is 0 Å². The summed E-state index contributed by atoms with van der Waals surface area (Å²) in [4.78, 5) is 10.3. The lowest BCUT2D eigenvalue weighted by Crippen LogP contribution is -2.47. The van der Waals surface area contributed by atoms with Crippen LogP contribution in [0, 0.1) is 5.92 Å². The molecule has 1 aliphatic rings. The molecule has 2 atom stereocenters. The quantitative estimate of drug-likeness (QED) is 0.636. The Bertz CT molecular complexity index is 223. The van der Waals surface area contributed by atoms with Crippen LogP contribution in [0.4, 0.5) is 13.6 Å². The van der Waals surface area contributed by atoms with Crippen LogP contribution in [0.1, 0.15) is 19.3 Å². The van der Waals surface area contributed by atoms with Crippen molar-refractivity contribution in [2.24, 2.45) is 5.92 Å². The summed E-state index contributed by atoms with van der Waals surface area (Å²) in [5, 5.41) is 19.4. The van der Waals surface area contributed by atoms with Crippen LogP contribution in [0.25, 0.3) is 0 Å². The van der Waals surface area contributed by atoms with E-state index in [1.165, 1.54) is 0 Å². The molecule has 0 aromatic carbocycles. The fraction of sp³-hybridized carbons (Fsp3) is 0.875. The lowest BCUT2D eigenvalue weighted by atomic mass is 9.83. The van der Waals surface area contributed by atoms with Gasteiger partial charge in [-0.05, 0) is 6.42 Å². The minimum absolute atomic E-state index is 0.0739. The molecule has 3 N–H and O–H groups in total. The van der Waals surface area contributed by atoms with Crippen molar-refractivity contribution < 1.29 is 23.8 Å². The summed E-state index contributed by atoms with van der Waals surface area (Å²) in [5.74, 6) is -3.46. The first-order chi connectivity index (χ1) is 6.44. The molecule has 82 valence electrons. The van der Waals surface area contributed by atoms with E-state index >= 15 is 0 Å². The van der Waals surface area contributed by atoms with Gasteiger partial charge in [0, 0.05) is 31.4 Å². The smallest absolute Gasteiger partial charge is 0.404 e. The van der Waals surface area contributed by atoms with E-state index in [0.29, 0.717) is 0 Å². The van der Waals surface area contributed by atoms with Gasteiger partial charge < -0.3 is 15.5 Å². The zero-order valence-corrected chi connectivity index (χ0v) is 7.54. The highest BCUT2D eigenvalue weighted by molar-refractivity contribution is 5.64. The number of alkyl halides is 2. The Balaban J connectivity index is 2.57. The molecular weight excluding hydrogens is 196 g/mol. The second-order valence-electron chi connectivity index (χ2n) is 3.60. The average Bonchev–Trinajstić information content (AvgIpc) is 2.07. The molecule has 0 bridgehead atoms. The number of carboxylic acid groups (broad SMARTS) is 1. The molecule has 14 heavy (non-hydrogen) atoms.